The van der Waals surface area contributed by atoms with Crippen LogP contribution in [0.5, 0.6) is 0 Å². The van der Waals surface area contributed by atoms with E-state index in [0.29, 0.717) is 12.1 Å². The highest BCUT2D eigenvalue weighted by Crippen LogP contribution is 2.09. The maximum Gasteiger partial charge on any atom is 0.232 e. The number of carbonyl (C=O) groups is 1. The second-order valence-electron chi connectivity index (χ2n) is 5.02. The largest absolute Gasteiger partial charge is 0.351 e. The summed E-state index contributed by atoms with van der Waals surface area (Å²) < 4.78 is 25.4. The zero-order valence-corrected chi connectivity index (χ0v) is 13.2. The molecule has 0 aliphatic heterocycles. The van der Waals surface area contributed by atoms with E-state index in [1.54, 1.807) is 18.2 Å². The Morgan fingerprint density at radius 1 is 1.09 bits per heavy atom. The molecule has 2 aromatic rings. The zero-order valence-electron chi connectivity index (χ0n) is 12.3. The van der Waals surface area contributed by atoms with E-state index < -0.39 is 16.6 Å². The third-order valence-electron chi connectivity index (χ3n) is 3.30. The van der Waals surface area contributed by atoms with E-state index in [4.69, 9.17) is 0 Å². The van der Waals surface area contributed by atoms with Crippen molar-refractivity contribution in [2.75, 3.05) is 5.75 Å². The minimum Gasteiger partial charge on any atom is -0.351 e. The fourth-order valence-electron chi connectivity index (χ4n) is 2.04. The Labute approximate surface area is 132 Å². The number of carbonyl (C=O) groups excluding carboxylic acids is 1. The van der Waals surface area contributed by atoms with Crippen LogP contribution < -0.4 is 5.32 Å². The first-order valence-electron chi connectivity index (χ1n) is 6.96. The van der Waals surface area contributed by atoms with Crippen LogP contribution >= 0.6 is 0 Å². The molecule has 0 radical (unpaired) electrons. The van der Waals surface area contributed by atoms with Gasteiger partial charge in [-0.05, 0) is 24.1 Å². The Morgan fingerprint density at radius 3 is 2.41 bits per heavy atom. The average molecular weight is 319 g/mol. The van der Waals surface area contributed by atoms with Crippen molar-refractivity contribution in [1.82, 2.24) is 5.32 Å². The first kappa shape index (κ1) is 16.4. The summed E-state index contributed by atoms with van der Waals surface area (Å²) in [5.41, 5.74) is 2.48. The number of halogens is 1. The van der Waals surface area contributed by atoms with Gasteiger partial charge in [0, 0.05) is 22.9 Å². The number of benzene rings is 2. The summed E-state index contributed by atoms with van der Waals surface area (Å²) in [7, 11) is -1.43. The van der Waals surface area contributed by atoms with E-state index in [1.165, 1.54) is 6.07 Å². The summed E-state index contributed by atoms with van der Waals surface area (Å²) >= 11 is 0. The fraction of sp³-hybridized carbons (Fsp3) is 0.235. The van der Waals surface area contributed by atoms with Crippen molar-refractivity contribution in [2.45, 2.75) is 19.2 Å². The molecule has 0 bridgehead atoms. The first-order chi connectivity index (χ1) is 10.6. The van der Waals surface area contributed by atoms with Gasteiger partial charge in [0.05, 0.1) is 5.75 Å². The Morgan fingerprint density at radius 2 is 1.73 bits per heavy atom. The third kappa shape index (κ3) is 4.77. The predicted molar refractivity (Wildman–Crippen MR) is 86.1 cm³/mol. The summed E-state index contributed by atoms with van der Waals surface area (Å²) in [4.78, 5) is 11.8. The Bertz CT molecular complexity index is 688. The molecule has 0 saturated heterocycles. The molecule has 2 rings (SSSR count). The molecule has 1 unspecified atom stereocenters. The molecule has 0 saturated carbocycles. The van der Waals surface area contributed by atoms with E-state index in [-0.39, 0.29) is 17.4 Å². The highest BCUT2D eigenvalue weighted by Gasteiger charge is 2.11. The monoisotopic (exact) mass is 319 g/mol. The van der Waals surface area contributed by atoms with Gasteiger partial charge in [-0.25, -0.2) is 4.39 Å². The van der Waals surface area contributed by atoms with Gasteiger partial charge in [0.15, 0.2) is 0 Å². The standard InChI is InChI=1S/C17H18FNO2S/c1-13-6-2-3-7-14(13)10-19-17(20)12-22(21)11-15-8-4-5-9-16(15)18/h2-9H,10-12H2,1H3,(H,19,20). The number of aryl methyl sites for hydroxylation is 1. The summed E-state index contributed by atoms with van der Waals surface area (Å²) in [5.74, 6) is -0.765. The molecule has 22 heavy (non-hydrogen) atoms. The topological polar surface area (TPSA) is 46.2 Å². The van der Waals surface area contributed by atoms with Crippen molar-refractivity contribution in [3.8, 4) is 0 Å². The van der Waals surface area contributed by atoms with Crippen LogP contribution in [-0.4, -0.2) is 15.9 Å². The predicted octanol–water partition coefficient (Wildman–Crippen LogP) is 2.70. The quantitative estimate of drug-likeness (QED) is 0.890. The van der Waals surface area contributed by atoms with Crippen LogP contribution in [-0.2, 0) is 27.9 Å². The molecule has 1 atom stereocenters. The lowest BCUT2D eigenvalue weighted by atomic mass is 10.1. The van der Waals surface area contributed by atoms with Gasteiger partial charge in [0.2, 0.25) is 5.91 Å². The second kappa shape index (κ2) is 7.84. The first-order valence-corrected chi connectivity index (χ1v) is 8.44. The van der Waals surface area contributed by atoms with E-state index in [2.05, 4.69) is 5.32 Å². The van der Waals surface area contributed by atoms with Gasteiger partial charge >= 0.3 is 0 Å². The molecule has 1 N–H and O–H groups in total. The second-order valence-corrected chi connectivity index (χ2v) is 6.48. The van der Waals surface area contributed by atoms with Gasteiger partial charge in [-0.15, -0.1) is 0 Å². The highest BCUT2D eigenvalue weighted by atomic mass is 32.2. The van der Waals surface area contributed by atoms with Crippen molar-refractivity contribution in [1.29, 1.82) is 0 Å². The number of hydrogen-bond acceptors (Lipinski definition) is 2. The Balaban J connectivity index is 1.83. The van der Waals surface area contributed by atoms with Gasteiger partial charge in [0.1, 0.15) is 11.6 Å². The number of amides is 1. The maximum absolute atomic E-state index is 13.5. The zero-order chi connectivity index (χ0) is 15.9. The molecule has 1 amide bonds. The van der Waals surface area contributed by atoms with Crippen LogP contribution in [0, 0.1) is 12.7 Å². The van der Waals surface area contributed by atoms with Crippen molar-refractivity contribution in [2.24, 2.45) is 0 Å². The molecular weight excluding hydrogens is 301 g/mol. The van der Waals surface area contributed by atoms with E-state index >= 15 is 0 Å². The number of rotatable bonds is 6. The normalized spacial score (nSPS) is 11.9. The van der Waals surface area contributed by atoms with Crippen LogP contribution in [0.2, 0.25) is 0 Å². The summed E-state index contributed by atoms with van der Waals surface area (Å²) in [6, 6.07) is 13.9. The third-order valence-corrected chi connectivity index (χ3v) is 4.52. The maximum atomic E-state index is 13.5. The molecule has 0 aromatic heterocycles. The molecule has 0 aliphatic rings. The van der Waals surface area contributed by atoms with Crippen molar-refractivity contribution < 1.29 is 13.4 Å². The summed E-state index contributed by atoms with van der Waals surface area (Å²) in [6.45, 7) is 2.38. The van der Waals surface area contributed by atoms with Gasteiger partial charge in [-0.2, -0.15) is 0 Å². The number of nitrogens with one attached hydrogen (secondary N) is 1. The average Bonchev–Trinajstić information content (AvgIpc) is 2.49. The van der Waals surface area contributed by atoms with E-state index in [0.717, 1.165) is 11.1 Å². The molecule has 0 aliphatic carbocycles. The minimum absolute atomic E-state index is 0.0461. The fourth-order valence-corrected chi connectivity index (χ4v) is 3.12. The molecular formula is C17H18FNO2S. The minimum atomic E-state index is -1.43. The van der Waals surface area contributed by atoms with Crippen molar-refractivity contribution in [3.05, 3.63) is 71.0 Å². The molecule has 5 heteroatoms. The highest BCUT2D eigenvalue weighted by molar-refractivity contribution is 7.84. The van der Waals surface area contributed by atoms with Crippen LogP contribution in [0.4, 0.5) is 4.39 Å². The summed E-state index contributed by atoms with van der Waals surface area (Å²) in [5, 5.41) is 2.75. The lowest BCUT2D eigenvalue weighted by Crippen LogP contribution is -2.28. The van der Waals surface area contributed by atoms with Crippen molar-refractivity contribution in [3.63, 3.8) is 0 Å². The lowest BCUT2D eigenvalue weighted by molar-refractivity contribution is -0.118. The molecule has 0 heterocycles. The van der Waals surface area contributed by atoms with Crippen LogP contribution in [0.1, 0.15) is 16.7 Å². The Hall–Kier alpha value is -2.01. The van der Waals surface area contributed by atoms with Gasteiger partial charge in [-0.3, -0.25) is 9.00 Å². The molecule has 3 nitrogen and oxygen atoms in total. The SMILES string of the molecule is Cc1ccccc1CNC(=O)CS(=O)Cc1ccccc1F. The van der Waals surface area contributed by atoms with E-state index in [9.17, 15) is 13.4 Å². The van der Waals surface area contributed by atoms with Gasteiger partial charge < -0.3 is 5.32 Å². The lowest BCUT2D eigenvalue weighted by Gasteiger charge is -2.08. The molecule has 0 spiro atoms. The van der Waals surface area contributed by atoms with Crippen LogP contribution in [0.15, 0.2) is 48.5 Å². The van der Waals surface area contributed by atoms with Crippen molar-refractivity contribution >= 4 is 16.7 Å². The molecule has 0 fully saturated rings. The van der Waals surface area contributed by atoms with Crippen LogP contribution in [0.25, 0.3) is 0 Å². The number of hydrogen-bond donors (Lipinski definition) is 1. The Kier molecular flexibility index (Phi) is 5.83. The summed E-state index contributed by atoms with van der Waals surface area (Å²) in [6.07, 6.45) is 0. The molecule has 2 aromatic carbocycles. The van der Waals surface area contributed by atoms with Gasteiger partial charge in [0.25, 0.3) is 0 Å². The molecule has 116 valence electrons. The smallest absolute Gasteiger partial charge is 0.232 e. The van der Waals surface area contributed by atoms with Gasteiger partial charge in [-0.1, -0.05) is 42.5 Å². The van der Waals surface area contributed by atoms with E-state index in [1.807, 2.05) is 31.2 Å². The van der Waals surface area contributed by atoms with Crippen LogP contribution in [0.3, 0.4) is 0 Å².